The van der Waals surface area contributed by atoms with Crippen molar-refractivity contribution in [2.24, 2.45) is 0 Å². The first-order valence-electron chi connectivity index (χ1n) is 7.92. The minimum atomic E-state index is -0.240. The van der Waals surface area contributed by atoms with E-state index in [1.807, 2.05) is 6.92 Å². The highest BCUT2D eigenvalue weighted by atomic mass is 35.5. The normalized spacial score (nSPS) is 17.8. The van der Waals surface area contributed by atoms with E-state index in [1.165, 1.54) is 12.1 Å². The number of rotatable bonds is 6. The molecule has 1 aliphatic rings. The lowest BCUT2D eigenvalue weighted by Crippen LogP contribution is -2.26. The van der Waals surface area contributed by atoms with E-state index in [-0.39, 0.29) is 5.82 Å². The van der Waals surface area contributed by atoms with Gasteiger partial charge in [-0.25, -0.2) is 9.07 Å². The predicted molar refractivity (Wildman–Crippen MR) is 88.2 cm³/mol. The van der Waals surface area contributed by atoms with Gasteiger partial charge >= 0.3 is 0 Å². The fraction of sp³-hybridized carbons (Fsp3) is 0.471. The van der Waals surface area contributed by atoms with Gasteiger partial charge in [-0.3, -0.25) is 0 Å². The molecular formula is C17H21ClFN3O. The van der Waals surface area contributed by atoms with Crippen LogP contribution in [0, 0.1) is 12.7 Å². The maximum Gasteiger partial charge on any atom is 0.132 e. The van der Waals surface area contributed by atoms with E-state index in [2.05, 4.69) is 10.4 Å². The second-order valence-corrected chi connectivity index (χ2v) is 6.26. The van der Waals surface area contributed by atoms with Crippen molar-refractivity contribution in [1.82, 2.24) is 15.1 Å². The molecule has 0 amide bonds. The molecular weight excluding hydrogens is 317 g/mol. The number of aromatic nitrogens is 2. The van der Waals surface area contributed by atoms with Crippen LogP contribution in [0.25, 0.3) is 0 Å². The minimum absolute atomic E-state index is 0.240. The molecule has 0 radical (unpaired) electrons. The molecule has 3 rings (SSSR count). The Bertz CT molecular complexity index is 651. The Kier molecular flexibility index (Phi) is 5.30. The summed E-state index contributed by atoms with van der Waals surface area (Å²) in [6.07, 6.45) is 2.56. The first kappa shape index (κ1) is 16.4. The van der Waals surface area contributed by atoms with Crippen molar-refractivity contribution in [3.8, 4) is 0 Å². The Morgan fingerprint density at radius 2 is 2.17 bits per heavy atom. The number of hydrogen-bond acceptors (Lipinski definition) is 3. The molecule has 1 atom stereocenters. The molecule has 0 spiro atoms. The molecule has 124 valence electrons. The van der Waals surface area contributed by atoms with Crippen LogP contribution in [0.4, 0.5) is 4.39 Å². The van der Waals surface area contributed by atoms with Gasteiger partial charge in [-0.1, -0.05) is 23.7 Å². The summed E-state index contributed by atoms with van der Waals surface area (Å²) >= 11 is 6.46. The van der Waals surface area contributed by atoms with Gasteiger partial charge in [0, 0.05) is 25.3 Å². The summed E-state index contributed by atoms with van der Waals surface area (Å²) < 4.78 is 20.3. The zero-order valence-electron chi connectivity index (χ0n) is 13.2. The molecule has 4 nitrogen and oxygen atoms in total. The number of nitrogens with one attached hydrogen (secondary N) is 1. The lowest BCUT2D eigenvalue weighted by molar-refractivity contribution is 0.110. The summed E-state index contributed by atoms with van der Waals surface area (Å²) in [4.78, 5) is 0. The van der Waals surface area contributed by atoms with Crippen LogP contribution < -0.4 is 5.32 Å². The quantitative estimate of drug-likeness (QED) is 0.879. The van der Waals surface area contributed by atoms with Crippen LogP contribution >= 0.6 is 11.6 Å². The minimum Gasteiger partial charge on any atom is -0.377 e. The molecule has 1 aromatic carbocycles. The number of halogens is 2. The highest BCUT2D eigenvalue weighted by Crippen LogP contribution is 2.21. The zero-order valence-corrected chi connectivity index (χ0v) is 13.9. The number of benzene rings is 1. The number of ether oxygens (including phenoxy) is 1. The molecule has 6 heteroatoms. The molecule has 0 bridgehead atoms. The zero-order chi connectivity index (χ0) is 16.2. The Balaban J connectivity index is 1.62. The van der Waals surface area contributed by atoms with E-state index in [0.717, 1.165) is 42.8 Å². The van der Waals surface area contributed by atoms with Gasteiger partial charge in [-0.15, -0.1) is 0 Å². The first-order valence-corrected chi connectivity index (χ1v) is 8.30. The average molecular weight is 338 g/mol. The smallest absolute Gasteiger partial charge is 0.132 e. The van der Waals surface area contributed by atoms with Crippen LogP contribution in [-0.2, 0) is 17.8 Å². The van der Waals surface area contributed by atoms with Crippen LogP contribution in [-0.4, -0.2) is 29.0 Å². The number of aryl methyl sites for hydroxylation is 1. The van der Waals surface area contributed by atoms with Gasteiger partial charge in [0.15, 0.2) is 0 Å². The summed E-state index contributed by atoms with van der Waals surface area (Å²) in [5, 5.41) is 8.53. The monoisotopic (exact) mass is 337 g/mol. The van der Waals surface area contributed by atoms with E-state index in [4.69, 9.17) is 16.3 Å². The maximum absolute atomic E-state index is 13.0. The van der Waals surface area contributed by atoms with Gasteiger partial charge in [0.1, 0.15) is 11.0 Å². The van der Waals surface area contributed by atoms with Gasteiger partial charge in [0.2, 0.25) is 0 Å². The molecule has 2 heterocycles. The lowest BCUT2D eigenvalue weighted by Gasteiger charge is -2.10. The summed E-state index contributed by atoms with van der Waals surface area (Å²) in [5.74, 6) is -0.240. The standard InChI is InChI=1S/C17H21ClFN3O/c1-12-16(10-20-9-15-3-2-8-23-15)17(18)22(21-12)11-13-4-6-14(19)7-5-13/h4-7,15,20H,2-3,8-11H2,1H3. The summed E-state index contributed by atoms with van der Waals surface area (Å²) in [5.41, 5.74) is 2.89. The third kappa shape index (κ3) is 4.10. The molecule has 1 fully saturated rings. The third-order valence-electron chi connectivity index (χ3n) is 4.13. The van der Waals surface area contributed by atoms with Gasteiger partial charge < -0.3 is 10.1 Å². The first-order chi connectivity index (χ1) is 11.1. The largest absolute Gasteiger partial charge is 0.377 e. The van der Waals surface area contributed by atoms with Gasteiger partial charge in [-0.2, -0.15) is 5.10 Å². The van der Waals surface area contributed by atoms with Gasteiger partial charge in [0.25, 0.3) is 0 Å². The summed E-state index contributed by atoms with van der Waals surface area (Å²) in [6, 6.07) is 6.39. The van der Waals surface area contributed by atoms with Crippen molar-refractivity contribution < 1.29 is 9.13 Å². The molecule has 1 aliphatic heterocycles. The Labute approximate surface area is 140 Å². The molecule has 23 heavy (non-hydrogen) atoms. The maximum atomic E-state index is 13.0. The molecule has 1 aromatic heterocycles. The Morgan fingerprint density at radius 3 is 2.87 bits per heavy atom. The highest BCUT2D eigenvalue weighted by molar-refractivity contribution is 6.30. The SMILES string of the molecule is Cc1nn(Cc2ccc(F)cc2)c(Cl)c1CNCC1CCCO1. The van der Waals surface area contributed by atoms with Crippen LogP contribution in [0.2, 0.25) is 5.15 Å². The Morgan fingerprint density at radius 1 is 1.39 bits per heavy atom. The van der Waals surface area contributed by atoms with Crippen molar-refractivity contribution in [3.05, 3.63) is 52.1 Å². The fourth-order valence-electron chi connectivity index (χ4n) is 2.82. The predicted octanol–water partition coefficient (Wildman–Crippen LogP) is 3.30. The van der Waals surface area contributed by atoms with Crippen LogP contribution in [0.1, 0.15) is 29.7 Å². The third-order valence-corrected chi connectivity index (χ3v) is 4.55. The summed E-state index contributed by atoms with van der Waals surface area (Å²) in [6.45, 7) is 4.86. The Hall–Kier alpha value is -1.43. The molecule has 1 N–H and O–H groups in total. The second-order valence-electron chi connectivity index (χ2n) is 5.90. The van der Waals surface area contributed by atoms with Crippen molar-refractivity contribution in [2.45, 2.75) is 39.0 Å². The topological polar surface area (TPSA) is 39.1 Å². The van der Waals surface area contributed by atoms with Crippen molar-refractivity contribution >= 4 is 11.6 Å². The fourth-order valence-corrected chi connectivity index (χ4v) is 3.12. The average Bonchev–Trinajstić information content (AvgIpc) is 3.13. The van der Waals surface area contributed by atoms with Crippen LogP contribution in [0.3, 0.4) is 0 Å². The van der Waals surface area contributed by atoms with Gasteiger partial charge in [0.05, 0.1) is 18.3 Å². The van der Waals surface area contributed by atoms with E-state index in [9.17, 15) is 4.39 Å². The molecule has 1 unspecified atom stereocenters. The van der Waals surface area contributed by atoms with Gasteiger partial charge in [-0.05, 0) is 37.5 Å². The van der Waals surface area contributed by atoms with Crippen molar-refractivity contribution in [3.63, 3.8) is 0 Å². The van der Waals surface area contributed by atoms with Crippen LogP contribution in [0.15, 0.2) is 24.3 Å². The summed E-state index contributed by atoms with van der Waals surface area (Å²) in [7, 11) is 0. The molecule has 1 saturated heterocycles. The van der Waals surface area contributed by atoms with E-state index < -0.39 is 0 Å². The molecule has 0 saturated carbocycles. The molecule has 2 aromatic rings. The van der Waals surface area contributed by atoms with E-state index in [0.29, 0.717) is 24.3 Å². The van der Waals surface area contributed by atoms with Crippen molar-refractivity contribution in [2.75, 3.05) is 13.2 Å². The van der Waals surface area contributed by atoms with E-state index >= 15 is 0 Å². The van der Waals surface area contributed by atoms with Crippen LogP contribution in [0.5, 0.6) is 0 Å². The molecule has 0 aliphatic carbocycles. The highest BCUT2D eigenvalue weighted by Gasteiger charge is 2.17. The number of hydrogen-bond donors (Lipinski definition) is 1. The second kappa shape index (κ2) is 7.43. The lowest BCUT2D eigenvalue weighted by atomic mass is 10.2. The van der Waals surface area contributed by atoms with Crippen molar-refractivity contribution in [1.29, 1.82) is 0 Å². The van der Waals surface area contributed by atoms with E-state index in [1.54, 1.807) is 16.8 Å². The number of nitrogens with zero attached hydrogens (tertiary/aromatic N) is 2.